The molecule has 0 saturated carbocycles. The zero-order valence-electron chi connectivity index (χ0n) is 12.6. The molecule has 2 heterocycles. The smallest absolute Gasteiger partial charge is 0.179 e. The van der Waals surface area contributed by atoms with Gasteiger partial charge in [0.1, 0.15) is 5.52 Å². The van der Waals surface area contributed by atoms with Gasteiger partial charge in [-0.15, -0.1) is 0 Å². The molecule has 0 amide bonds. The Kier molecular flexibility index (Phi) is 3.68. The summed E-state index contributed by atoms with van der Waals surface area (Å²) in [5, 5.41) is 4.57. The second-order valence-corrected chi connectivity index (χ2v) is 5.84. The van der Waals surface area contributed by atoms with Crippen LogP contribution >= 0.6 is 12.2 Å². The van der Waals surface area contributed by atoms with Crippen LogP contribution in [0.3, 0.4) is 0 Å². The first-order chi connectivity index (χ1) is 10.1. The topological polar surface area (TPSA) is 38.5 Å². The lowest BCUT2D eigenvalue weighted by molar-refractivity contribution is 0.575. The highest BCUT2D eigenvalue weighted by molar-refractivity contribution is 7.71. The van der Waals surface area contributed by atoms with Crippen molar-refractivity contribution < 1.29 is 0 Å². The zero-order valence-corrected chi connectivity index (χ0v) is 13.4. The highest BCUT2D eigenvalue weighted by Crippen LogP contribution is 2.23. The number of hydrogen-bond donors (Lipinski definition) is 1. The van der Waals surface area contributed by atoms with Crippen LogP contribution in [0.1, 0.15) is 31.0 Å². The predicted molar refractivity (Wildman–Crippen MR) is 88.2 cm³/mol. The summed E-state index contributed by atoms with van der Waals surface area (Å²) in [7, 11) is 0. The SMILES string of the molecule is CCn1nc(C)c2[nH]c(=S)n(CC(C)c3ccccc3)c21. The molecule has 0 aliphatic carbocycles. The summed E-state index contributed by atoms with van der Waals surface area (Å²) in [4.78, 5) is 3.30. The van der Waals surface area contributed by atoms with E-state index >= 15 is 0 Å². The summed E-state index contributed by atoms with van der Waals surface area (Å²) >= 11 is 5.51. The fraction of sp³-hybridized carbons (Fsp3) is 0.375. The highest BCUT2D eigenvalue weighted by Gasteiger charge is 2.16. The molecule has 0 fully saturated rings. The fourth-order valence-electron chi connectivity index (χ4n) is 2.81. The Labute approximate surface area is 129 Å². The summed E-state index contributed by atoms with van der Waals surface area (Å²) in [5.41, 5.74) is 4.49. The average molecular weight is 300 g/mol. The number of rotatable bonds is 4. The second-order valence-electron chi connectivity index (χ2n) is 5.45. The lowest BCUT2D eigenvalue weighted by atomic mass is 10.0. The van der Waals surface area contributed by atoms with Gasteiger partial charge in [-0.1, -0.05) is 37.3 Å². The minimum atomic E-state index is 0.400. The molecule has 0 saturated heterocycles. The predicted octanol–water partition coefficient (Wildman–Crippen LogP) is 4.03. The molecule has 5 heteroatoms. The summed E-state index contributed by atoms with van der Waals surface area (Å²) in [5.74, 6) is 0.400. The van der Waals surface area contributed by atoms with Crippen molar-refractivity contribution in [2.24, 2.45) is 0 Å². The summed E-state index contributed by atoms with van der Waals surface area (Å²) in [6, 6.07) is 10.5. The molecule has 0 bridgehead atoms. The van der Waals surface area contributed by atoms with E-state index in [1.807, 2.05) is 17.7 Å². The minimum Gasteiger partial charge on any atom is -0.328 e. The van der Waals surface area contributed by atoms with E-state index in [1.54, 1.807) is 0 Å². The molecule has 0 radical (unpaired) electrons. The third-order valence-electron chi connectivity index (χ3n) is 3.96. The van der Waals surface area contributed by atoms with Gasteiger partial charge in [0.15, 0.2) is 10.4 Å². The van der Waals surface area contributed by atoms with Gasteiger partial charge in [0, 0.05) is 13.1 Å². The third kappa shape index (κ3) is 2.42. The number of nitrogens with one attached hydrogen (secondary N) is 1. The molecule has 1 aromatic carbocycles. The summed E-state index contributed by atoms with van der Waals surface area (Å²) in [6.07, 6.45) is 0. The molecule has 3 aromatic rings. The Morgan fingerprint density at radius 2 is 2.00 bits per heavy atom. The van der Waals surface area contributed by atoms with Crippen LogP contribution in [0.25, 0.3) is 11.2 Å². The van der Waals surface area contributed by atoms with E-state index in [9.17, 15) is 0 Å². The van der Waals surface area contributed by atoms with Crippen LogP contribution in [0.2, 0.25) is 0 Å². The van der Waals surface area contributed by atoms with Crippen LogP contribution in [0.5, 0.6) is 0 Å². The molecular formula is C16H20N4S. The molecule has 1 N–H and O–H groups in total. The monoisotopic (exact) mass is 300 g/mol. The fourth-order valence-corrected chi connectivity index (χ4v) is 3.07. The van der Waals surface area contributed by atoms with Crippen molar-refractivity contribution >= 4 is 23.4 Å². The van der Waals surface area contributed by atoms with E-state index in [2.05, 4.69) is 52.8 Å². The van der Waals surface area contributed by atoms with E-state index in [1.165, 1.54) is 5.56 Å². The number of aromatic nitrogens is 4. The Morgan fingerprint density at radius 3 is 2.67 bits per heavy atom. The van der Waals surface area contributed by atoms with Crippen molar-refractivity contribution in [1.29, 1.82) is 0 Å². The Bertz CT molecular complexity index is 810. The van der Waals surface area contributed by atoms with Crippen LogP contribution < -0.4 is 0 Å². The van der Waals surface area contributed by atoms with Crippen LogP contribution in [0, 0.1) is 11.7 Å². The molecule has 1 unspecified atom stereocenters. The van der Waals surface area contributed by atoms with Crippen molar-refractivity contribution in [1.82, 2.24) is 19.3 Å². The number of hydrogen-bond acceptors (Lipinski definition) is 2. The van der Waals surface area contributed by atoms with Crippen molar-refractivity contribution in [3.63, 3.8) is 0 Å². The molecular weight excluding hydrogens is 280 g/mol. The number of aromatic amines is 1. The molecule has 0 aliphatic heterocycles. The maximum Gasteiger partial charge on any atom is 0.179 e. The van der Waals surface area contributed by atoms with Crippen LogP contribution in [-0.2, 0) is 13.1 Å². The quantitative estimate of drug-likeness (QED) is 0.739. The van der Waals surface area contributed by atoms with Gasteiger partial charge in [0.25, 0.3) is 0 Å². The number of aryl methyl sites for hydroxylation is 2. The first-order valence-corrected chi connectivity index (χ1v) is 7.73. The maximum absolute atomic E-state index is 5.51. The zero-order chi connectivity index (χ0) is 15.0. The molecule has 4 nitrogen and oxygen atoms in total. The summed E-state index contributed by atoms with van der Waals surface area (Å²) in [6.45, 7) is 8.05. The normalized spacial score (nSPS) is 12.9. The number of imidazole rings is 1. The van der Waals surface area contributed by atoms with Gasteiger partial charge >= 0.3 is 0 Å². The van der Waals surface area contributed by atoms with Gasteiger partial charge in [0.2, 0.25) is 0 Å². The van der Waals surface area contributed by atoms with E-state index in [4.69, 9.17) is 12.2 Å². The molecule has 21 heavy (non-hydrogen) atoms. The van der Waals surface area contributed by atoms with Crippen molar-refractivity contribution in [3.05, 3.63) is 46.4 Å². The first kappa shape index (κ1) is 14.1. The van der Waals surface area contributed by atoms with Gasteiger partial charge in [-0.3, -0.25) is 0 Å². The third-order valence-corrected chi connectivity index (χ3v) is 4.28. The Morgan fingerprint density at radius 1 is 1.29 bits per heavy atom. The van der Waals surface area contributed by atoms with Crippen molar-refractivity contribution in [3.8, 4) is 0 Å². The molecule has 2 aromatic heterocycles. The van der Waals surface area contributed by atoms with Crippen LogP contribution in [0.15, 0.2) is 30.3 Å². The molecule has 3 rings (SSSR count). The Hall–Kier alpha value is -1.88. The van der Waals surface area contributed by atoms with Crippen LogP contribution in [-0.4, -0.2) is 19.3 Å². The van der Waals surface area contributed by atoms with E-state index in [-0.39, 0.29) is 0 Å². The van der Waals surface area contributed by atoms with Gasteiger partial charge < -0.3 is 9.55 Å². The Balaban J connectivity index is 2.04. The van der Waals surface area contributed by atoms with Gasteiger partial charge in [-0.25, -0.2) is 4.68 Å². The van der Waals surface area contributed by atoms with Gasteiger partial charge in [0.05, 0.1) is 5.69 Å². The number of fused-ring (bicyclic) bond motifs is 1. The highest BCUT2D eigenvalue weighted by atomic mass is 32.1. The van der Waals surface area contributed by atoms with Gasteiger partial charge in [-0.2, -0.15) is 5.10 Å². The van der Waals surface area contributed by atoms with Gasteiger partial charge in [-0.05, 0) is 37.5 Å². The standard InChI is InChI=1S/C16H20N4S/c1-4-20-15-14(12(3)18-20)17-16(21)19(15)10-11(2)13-8-6-5-7-9-13/h5-9,11H,4,10H2,1-3H3,(H,17,21). The summed E-state index contributed by atoms with van der Waals surface area (Å²) < 4.78 is 4.97. The van der Waals surface area contributed by atoms with Crippen LogP contribution in [0.4, 0.5) is 0 Å². The second kappa shape index (κ2) is 5.48. The lowest BCUT2D eigenvalue weighted by Crippen LogP contribution is -2.10. The maximum atomic E-state index is 5.51. The van der Waals surface area contributed by atoms with E-state index < -0.39 is 0 Å². The first-order valence-electron chi connectivity index (χ1n) is 7.32. The molecule has 1 atom stereocenters. The minimum absolute atomic E-state index is 0.400. The molecule has 0 aliphatic rings. The van der Waals surface area contributed by atoms with Crippen molar-refractivity contribution in [2.75, 3.05) is 0 Å². The van der Waals surface area contributed by atoms with E-state index in [0.29, 0.717) is 5.92 Å². The molecule has 0 spiro atoms. The number of H-pyrrole nitrogens is 1. The molecule has 110 valence electrons. The number of nitrogens with zero attached hydrogens (tertiary/aromatic N) is 3. The largest absolute Gasteiger partial charge is 0.328 e. The average Bonchev–Trinajstić information content (AvgIpc) is 2.98. The lowest BCUT2D eigenvalue weighted by Gasteiger charge is -2.14. The van der Waals surface area contributed by atoms with Crippen molar-refractivity contribution in [2.45, 2.75) is 39.8 Å². The van der Waals surface area contributed by atoms with E-state index in [0.717, 1.165) is 34.7 Å². The number of benzene rings is 1.